The molecule has 2 aromatic carbocycles. The van der Waals surface area contributed by atoms with Crippen LogP contribution >= 0.6 is 0 Å². The molecule has 0 N–H and O–H groups in total. The first kappa shape index (κ1) is 35.7. The van der Waals surface area contributed by atoms with Crippen LogP contribution in [0.15, 0.2) is 42.5 Å². The highest BCUT2D eigenvalue weighted by molar-refractivity contribution is 8.01. The molecule has 2 fully saturated rings. The van der Waals surface area contributed by atoms with Crippen LogP contribution in [0.1, 0.15) is 15.9 Å². The molecule has 20 radical (unpaired) electrons. The minimum Gasteiger partial charge on any atom is -0.494 e. The summed E-state index contributed by atoms with van der Waals surface area (Å²) in [6.07, 6.45) is -1.69. The van der Waals surface area contributed by atoms with Gasteiger partial charge >= 0.3 is 0 Å². The second kappa shape index (κ2) is 16.1. The number of hydrogen-bond donors (Lipinski definition) is 0. The van der Waals surface area contributed by atoms with E-state index in [4.69, 9.17) is 91.6 Å². The highest BCUT2D eigenvalue weighted by Gasteiger charge is 2.51. The molecule has 184 valence electrons. The Balaban J connectivity index is 1.43. The van der Waals surface area contributed by atoms with Crippen molar-refractivity contribution in [3.05, 3.63) is 53.6 Å². The van der Waals surface area contributed by atoms with Gasteiger partial charge in [0.15, 0.2) is 0 Å². The van der Waals surface area contributed by atoms with Crippen LogP contribution in [0.4, 0.5) is 0 Å². The van der Waals surface area contributed by atoms with Gasteiger partial charge in [-0.15, -0.1) is 0 Å². The van der Waals surface area contributed by atoms with Gasteiger partial charge in [-0.25, -0.2) is 0 Å². The van der Waals surface area contributed by atoms with Gasteiger partial charge < -0.3 is 14.2 Å². The highest BCUT2D eigenvalue weighted by Crippen LogP contribution is 2.41. The zero-order valence-corrected chi connectivity index (χ0v) is 25.0. The molecule has 0 spiro atoms. The van der Waals surface area contributed by atoms with Crippen LogP contribution in [0.25, 0.3) is 0 Å². The molecule has 0 aliphatic carbocycles. The molecule has 0 bridgehead atoms. The van der Waals surface area contributed by atoms with Crippen molar-refractivity contribution in [2.75, 3.05) is 13.2 Å². The molecule has 4 rings (SSSR count). The minimum atomic E-state index is -0.718. The maximum absolute atomic E-state index is 11.2. The summed E-state index contributed by atoms with van der Waals surface area (Å²) < 4.78 is 18.4. The normalized spacial score (nSPS) is 16.3. The summed E-state index contributed by atoms with van der Waals surface area (Å²) in [5.74, 6) is 2.22. The van der Waals surface area contributed by atoms with Gasteiger partial charge in [-0.3, -0.25) is 4.79 Å². The van der Waals surface area contributed by atoms with E-state index in [9.17, 15) is 4.79 Å². The number of carbonyl (C=O) groups is 1. The number of benzene rings is 2. The molecular formula is C20H20B20O4. The lowest BCUT2D eigenvalue weighted by Crippen LogP contribution is -2.63. The van der Waals surface area contributed by atoms with E-state index in [0.29, 0.717) is 36.0 Å². The number of ether oxygens (including phenoxy) is 3. The Kier molecular flexibility index (Phi) is 13.0. The summed E-state index contributed by atoms with van der Waals surface area (Å²) in [5, 5.41) is 0. The van der Waals surface area contributed by atoms with Gasteiger partial charge in [-0.1, -0.05) is 24.8 Å². The standard InChI is InChI=1S/C20H20B20O4/c21-33(22)37(29)39(35(25)26)31-8-16(31)12-43-19-5-15(11-42-18-3-1-2-14(4-18)10-41)6-20(7-19)44-13-17-9-32(17)40(36(27)28)38(30)34(23)24/h1-7,10,16-17H,8-9,11-13H2. The predicted octanol–water partition coefficient (Wildman–Crippen LogP) is -3.17. The maximum Gasteiger partial charge on any atom is 0.150 e. The summed E-state index contributed by atoms with van der Waals surface area (Å²) in [7, 11) is 59.9. The Labute approximate surface area is 280 Å². The Hall–Kier alpha value is -1.19. The highest BCUT2D eigenvalue weighted by atomic mass is 16.5. The van der Waals surface area contributed by atoms with E-state index in [1.165, 1.54) is 0 Å². The van der Waals surface area contributed by atoms with E-state index in [-0.39, 0.29) is 44.2 Å². The van der Waals surface area contributed by atoms with E-state index >= 15 is 0 Å². The van der Waals surface area contributed by atoms with Crippen LogP contribution in [0, 0.1) is 0 Å². The van der Waals surface area contributed by atoms with Crippen molar-refractivity contribution >= 4 is 148 Å². The van der Waals surface area contributed by atoms with Gasteiger partial charge in [0.2, 0.25) is 0 Å². The van der Waals surface area contributed by atoms with Crippen LogP contribution in [-0.2, 0) is 6.61 Å². The molecule has 2 heterocycles. The molecule has 4 nitrogen and oxygen atoms in total. The van der Waals surface area contributed by atoms with E-state index in [0.717, 1.165) is 24.5 Å². The lowest BCUT2D eigenvalue weighted by Gasteiger charge is -2.25. The van der Waals surface area contributed by atoms with Gasteiger partial charge in [0.1, 0.15) is 30.1 Å². The number of aldehydes is 1. The summed E-state index contributed by atoms with van der Waals surface area (Å²) in [6.45, 7) is 1.42. The zero-order chi connectivity index (χ0) is 32.1. The fourth-order valence-electron chi connectivity index (χ4n) is 6.17. The third-order valence-electron chi connectivity index (χ3n) is 8.88. The first-order chi connectivity index (χ1) is 20.9. The maximum atomic E-state index is 11.2. The number of rotatable bonds is 18. The van der Waals surface area contributed by atoms with Gasteiger partial charge in [0, 0.05) is 140 Å². The van der Waals surface area contributed by atoms with Crippen molar-refractivity contribution in [3.63, 3.8) is 0 Å². The molecule has 2 saturated heterocycles. The molecule has 24 heteroatoms. The SMILES string of the molecule is [B]B([B])B([B])B(B([B])[B])B1CC1COc1cc(COc2cccc(C=O)c2)cc(OCC2CB2B(B([B])[B])B([B])B([B])[B])c1. The van der Waals surface area contributed by atoms with Gasteiger partial charge in [-0.2, -0.15) is 0 Å². The average Bonchev–Trinajstić information content (AvgIpc) is 3.91. The van der Waals surface area contributed by atoms with E-state index in [2.05, 4.69) is 0 Å². The first-order valence-electron chi connectivity index (χ1n) is 15.0. The first-order valence-corrected chi connectivity index (χ1v) is 15.0. The minimum absolute atomic E-state index is 0.161. The lowest BCUT2D eigenvalue weighted by molar-refractivity contribution is 0.112. The average molecular weight is 541 g/mol. The molecular weight excluding hydrogens is 520 g/mol. The molecule has 2 aromatic rings. The van der Waals surface area contributed by atoms with Crippen molar-refractivity contribution in [2.24, 2.45) is 0 Å². The second-order valence-electron chi connectivity index (χ2n) is 12.4. The summed E-state index contributed by atoms with van der Waals surface area (Å²) in [6, 6.07) is 12.6. The fraction of sp³-hybridized carbons (Fsp3) is 0.350. The van der Waals surface area contributed by atoms with Crippen LogP contribution in [-0.4, -0.2) is 161 Å². The van der Waals surface area contributed by atoms with Gasteiger partial charge in [0.25, 0.3) is 0 Å². The Bertz CT molecular complexity index is 1180. The van der Waals surface area contributed by atoms with Crippen molar-refractivity contribution < 1.29 is 19.0 Å². The van der Waals surface area contributed by atoms with Gasteiger partial charge in [-0.05, 0) is 41.5 Å². The Morgan fingerprint density at radius 1 is 0.659 bits per heavy atom. The number of carbonyl (C=O) groups excluding carboxylic acids is 1. The lowest BCUT2D eigenvalue weighted by atomic mass is 8.57. The fourth-order valence-corrected chi connectivity index (χ4v) is 6.17. The van der Waals surface area contributed by atoms with Gasteiger partial charge in [0.05, 0.1) is 26.4 Å². The van der Waals surface area contributed by atoms with Crippen molar-refractivity contribution in [2.45, 2.75) is 30.9 Å². The monoisotopic (exact) mass is 544 g/mol. The van der Waals surface area contributed by atoms with Crippen LogP contribution < -0.4 is 14.2 Å². The largest absolute Gasteiger partial charge is 0.494 e. The second-order valence-corrected chi connectivity index (χ2v) is 12.4. The third kappa shape index (κ3) is 9.66. The predicted molar refractivity (Wildman–Crippen MR) is 206 cm³/mol. The van der Waals surface area contributed by atoms with Crippen molar-refractivity contribution in [1.29, 1.82) is 0 Å². The van der Waals surface area contributed by atoms with Crippen molar-refractivity contribution in [3.8, 4) is 17.2 Å². The third-order valence-corrected chi connectivity index (χ3v) is 8.88. The smallest absolute Gasteiger partial charge is 0.150 e. The Morgan fingerprint density at radius 3 is 1.59 bits per heavy atom. The zero-order valence-electron chi connectivity index (χ0n) is 25.0. The van der Waals surface area contributed by atoms with Crippen LogP contribution in [0.2, 0.25) is 24.3 Å². The quantitative estimate of drug-likeness (QED) is 0.148. The molecule has 44 heavy (non-hydrogen) atoms. The molecule has 2 aliphatic heterocycles. The van der Waals surface area contributed by atoms with Crippen LogP contribution in [0.3, 0.4) is 0 Å². The molecule has 0 amide bonds. The van der Waals surface area contributed by atoms with Crippen LogP contribution in [0.5, 0.6) is 17.2 Å². The summed E-state index contributed by atoms with van der Waals surface area (Å²) in [5.41, 5.74) is 1.35. The molecule has 2 unspecified atom stereocenters. The Morgan fingerprint density at radius 2 is 1.16 bits per heavy atom. The molecule has 0 aromatic heterocycles. The molecule has 2 aliphatic rings. The molecule has 0 saturated carbocycles. The van der Waals surface area contributed by atoms with Crippen molar-refractivity contribution in [1.82, 2.24) is 0 Å². The van der Waals surface area contributed by atoms with E-state index in [1.807, 2.05) is 18.2 Å². The van der Waals surface area contributed by atoms with E-state index in [1.54, 1.807) is 24.3 Å². The summed E-state index contributed by atoms with van der Waals surface area (Å²) >= 11 is 0. The summed E-state index contributed by atoms with van der Waals surface area (Å²) in [4.78, 5) is 11.2. The topological polar surface area (TPSA) is 44.8 Å². The molecule has 2 atom stereocenters. The number of hydrogen-bond acceptors (Lipinski definition) is 4. The van der Waals surface area contributed by atoms with E-state index < -0.39 is 38.3 Å².